The van der Waals surface area contributed by atoms with Crippen molar-refractivity contribution in [3.8, 4) is 0 Å². The summed E-state index contributed by atoms with van der Waals surface area (Å²) < 4.78 is 0. The minimum Gasteiger partial charge on any atom is -0.341 e. The summed E-state index contributed by atoms with van der Waals surface area (Å²) in [7, 11) is 0. The molecule has 3 saturated heterocycles. The normalized spacial score (nSPS) is 29.8. The summed E-state index contributed by atoms with van der Waals surface area (Å²) in [4.78, 5) is 17.2. The molecule has 3 aliphatic rings. The summed E-state index contributed by atoms with van der Waals surface area (Å²) in [6.45, 7) is 6.84. The molecule has 3 aliphatic heterocycles. The van der Waals surface area contributed by atoms with Gasteiger partial charge in [0, 0.05) is 19.6 Å². The van der Waals surface area contributed by atoms with Gasteiger partial charge in [0.15, 0.2) is 0 Å². The zero-order valence-corrected chi connectivity index (χ0v) is 12.6. The molecule has 1 unspecified atom stereocenters. The lowest BCUT2D eigenvalue weighted by Gasteiger charge is -2.36. The van der Waals surface area contributed by atoms with Crippen LogP contribution in [0.5, 0.6) is 0 Å². The van der Waals surface area contributed by atoms with Crippen molar-refractivity contribution in [2.24, 2.45) is 5.92 Å². The summed E-state index contributed by atoms with van der Waals surface area (Å²) in [5.41, 5.74) is 0. The van der Waals surface area contributed by atoms with E-state index in [0.717, 1.165) is 32.0 Å². The molecular weight excluding hydrogens is 250 g/mol. The van der Waals surface area contributed by atoms with E-state index in [1.807, 2.05) is 0 Å². The lowest BCUT2D eigenvalue weighted by Crippen LogP contribution is -2.51. The van der Waals surface area contributed by atoms with Crippen LogP contribution in [0.25, 0.3) is 0 Å². The molecule has 4 nitrogen and oxygen atoms in total. The third kappa shape index (κ3) is 3.53. The van der Waals surface area contributed by atoms with Gasteiger partial charge in [0.1, 0.15) is 0 Å². The minimum absolute atomic E-state index is 0.110. The van der Waals surface area contributed by atoms with E-state index in [-0.39, 0.29) is 6.04 Å². The highest BCUT2D eigenvalue weighted by atomic mass is 16.2. The monoisotopic (exact) mass is 279 g/mol. The van der Waals surface area contributed by atoms with Crippen LogP contribution in [-0.4, -0.2) is 61.0 Å². The van der Waals surface area contributed by atoms with Crippen LogP contribution < -0.4 is 5.32 Å². The summed E-state index contributed by atoms with van der Waals surface area (Å²) in [5, 5.41) is 3.39. The highest BCUT2D eigenvalue weighted by molar-refractivity contribution is 5.82. The van der Waals surface area contributed by atoms with E-state index in [1.165, 1.54) is 58.2 Å². The molecule has 3 rings (SSSR count). The van der Waals surface area contributed by atoms with E-state index in [4.69, 9.17) is 0 Å². The van der Waals surface area contributed by atoms with Gasteiger partial charge in [-0.2, -0.15) is 0 Å². The SMILES string of the molecule is O=C(C1CCCCN1)N1CCC(CN2CCCC2)CC1. The van der Waals surface area contributed by atoms with Crippen molar-refractivity contribution in [2.45, 2.75) is 51.0 Å². The molecule has 1 N–H and O–H groups in total. The Bertz CT molecular complexity index is 314. The molecular formula is C16H29N3O. The van der Waals surface area contributed by atoms with Gasteiger partial charge in [-0.15, -0.1) is 0 Å². The number of nitrogens with one attached hydrogen (secondary N) is 1. The number of hydrogen-bond donors (Lipinski definition) is 1. The fourth-order valence-corrected chi connectivity index (χ4v) is 3.95. The number of likely N-dealkylation sites (tertiary alicyclic amines) is 2. The van der Waals surface area contributed by atoms with Crippen LogP contribution in [0.1, 0.15) is 44.9 Å². The summed E-state index contributed by atoms with van der Waals surface area (Å²) in [5.74, 6) is 1.18. The van der Waals surface area contributed by atoms with E-state index < -0.39 is 0 Å². The molecule has 0 aromatic rings. The summed E-state index contributed by atoms with van der Waals surface area (Å²) in [6.07, 6.45) is 8.63. The molecule has 3 fully saturated rings. The third-order valence-electron chi connectivity index (χ3n) is 5.25. The second-order valence-corrected chi connectivity index (χ2v) is 6.78. The van der Waals surface area contributed by atoms with Crippen molar-refractivity contribution in [1.29, 1.82) is 0 Å². The Morgan fingerprint density at radius 3 is 2.35 bits per heavy atom. The van der Waals surface area contributed by atoms with E-state index >= 15 is 0 Å². The first-order chi connectivity index (χ1) is 9.83. The number of carbonyl (C=O) groups excluding carboxylic acids is 1. The van der Waals surface area contributed by atoms with E-state index in [0.29, 0.717) is 5.91 Å². The molecule has 114 valence electrons. The van der Waals surface area contributed by atoms with Crippen molar-refractivity contribution in [3.63, 3.8) is 0 Å². The van der Waals surface area contributed by atoms with E-state index in [9.17, 15) is 4.79 Å². The Balaban J connectivity index is 1.41. The van der Waals surface area contributed by atoms with Gasteiger partial charge in [0.25, 0.3) is 0 Å². The summed E-state index contributed by atoms with van der Waals surface area (Å²) in [6, 6.07) is 0.110. The topological polar surface area (TPSA) is 35.6 Å². The first-order valence-electron chi connectivity index (χ1n) is 8.57. The average Bonchev–Trinajstić information content (AvgIpc) is 3.01. The lowest BCUT2D eigenvalue weighted by molar-refractivity contribution is -0.135. The highest BCUT2D eigenvalue weighted by Gasteiger charge is 2.29. The third-order valence-corrected chi connectivity index (χ3v) is 5.25. The van der Waals surface area contributed by atoms with Crippen molar-refractivity contribution < 1.29 is 4.79 Å². The van der Waals surface area contributed by atoms with Crippen LogP contribution in [0.3, 0.4) is 0 Å². The Kier molecular flexibility index (Phi) is 4.94. The Morgan fingerprint density at radius 1 is 0.950 bits per heavy atom. The molecule has 0 radical (unpaired) electrons. The molecule has 3 heterocycles. The standard InChI is InChI=1S/C16H29N3O/c20-16(15-5-1-2-8-17-15)19-11-6-14(7-12-19)13-18-9-3-4-10-18/h14-15,17H,1-13H2. The van der Waals surface area contributed by atoms with Crippen LogP contribution in [0.15, 0.2) is 0 Å². The fourth-order valence-electron chi connectivity index (χ4n) is 3.95. The van der Waals surface area contributed by atoms with Gasteiger partial charge in [0.2, 0.25) is 5.91 Å². The van der Waals surface area contributed by atoms with Crippen molar-refractivity contribution in [3.05, 3.63) is 0 Å². The van der Waals surface area contributed by atoms with Gasteiger partial charge in [-0.25, -0.2) is 0 Å². The molecule has 0 aromatic heterocycles. The van der Waals surface area contributed by atoms with Crippen molar-refractivity contribution in [1.82, 2.24) is 15.1 Å². The van der Waals surface area contributed by atoms with Gasteiger partial charge >= 0.3 is 0 Å². The Morgan fingerprint density at radius 2 is 1.70 bits per heavy atom. The number of piperidine rings is 2. The number of hydrogen-bond acceptors (Lipinski definition) is 3. The van der Waals surface area contributed by atoms with Crippen molar-refractivity contribution in [2.75, 3.05) is 39.3 Å². The van der Waals surface area contributed by atoms with Crippen LogP contribution in [0.4, 0.5) is 0 Å². The van der Waals surface area contributed by atoms with Gasteiger partial charge in [-0.3, -0.25) is 4.79 Å². The molecule has 0 aromatic carbocycles. The summed E-state index contributed by atoms with van der Waals surface area (Å²) >= 11 is 0. The van der Waals surface area contributed by atoms with Gasteiger partial charge in [0.05, 0.1) is 6.04 Å². The zero-order chi connectivity index (χ0) is 13.8. The number of amides is 1. The minimum atomic E-state index is 0.110. The average molecular weight is 279 g/mol. The van der Waals surface area contributed by atoms with E-state index in [1.54, 1.807) is 0 Å². The quantitative estimate of drug-likeness (QED) is 0.849. The van der Waals surface area contributed by atoms with Crippen LogP contribution >= 0.6 is 0 Å². The van der Waals surface area contributed by atoms with Gasteiger partial charge in [-0.1, -0.05) is 6.42 Å². The Labute approximate surface area is 122 Å². The maximum atomic E-state index is 12.5. The lowest BCUT2D eigenvalue weighted by atomic mass is 9.95. The van der Waals surface area contributed by atoms with Crippen LogP contribution in [0, 0.1) is 5.92 Å². The van der Waals surface area contributed by atoms with Gasteiger partial charge < -0.3 is 15.1 Å². The predicted octanol–water partition coefficient (Wildman–Crippen LogP) is 1.46. The second kappa shape index (κ2) is 6.90. The van der Waals surface area contributed by atoms with Gasteiger partial charge in [-0.05, 0) is 64.1 Å². The maximum absolute atomic E-state index is 12.5. The molecule has 0 spiro atoms. The smallest absolute Gasteiger partial charge is 0.239 e. The molecule has 20 heavy (non-hydrogen) atoms. The maximum Gasteiger partial charge on any atom is 0.239 e. The number of rotatable bonds is 3. The highest BCUT2D eigenvalue weighted by Crippen LogP contribution is 2.22. The molecule has 1 atom stereocenters. The first-order valence-corrected chi connectivity index (χ1v) is 8.57. The van der Waals surface area contributed by atoms with E-state index in [2.05, 4.69) is 15.1 Å². The van der Waals surface area contributed by atoms with Crippen LogP contribution in [-0.2, 0) is 4.79 Å². The molecule has 1 amide bonds. The largest absolute Gasteiger partial charge is 0.341 e. The predicted molar refractivity (Wildman–Crippen MR) is 80.6 cm³/mol. The fraction of sp³-hybridized carbons (Fsp3) is 0.938. The first kappa shape index (κ1) is 14.3. The molecule has 0 aliphatic carbocycles. The number of carbonyl (C=O) groups is 1. The number of nitrogens with zero attached hydrogens (tertiary/aromatic N) is 2. The Hall–Kier alpha value is -0.610. The molecule has 4 heteroatoms. The molecule has 0 bridgehead atoms. The zero-order valence-electron chi connectivity index (χ0n) is 12.6. The van der Waals surface area contributed by atoms with Crippen LogP contribution in [0.2, 0.25) is 0 Å². The second-order valence-electron chi connectivity index (χ2n) is 6.78. The van der Waals surface area contributed by atoms with Crippen molar-refractivity contribution >= 4 is 5.91 Å². The molecule has 0 saturated carbocycles.